The number of aromatic nitrogens is 1. The van der Waals surface area contributed by atoms with Crippen LogP contribution in [0.5, 0.6) is 0 Å². The fraction of sp³-hybridized carbons (Fsp3) is 0.417. The molecule has 2 heterocycles. The number of aryl methyl sites for hydroxylation is 1. The number of rotatable bonds is 3. The van der Waals surface area contributed by atoms with Crippen LogP contribution in [0.15, 0.2) is 52.9 Å². The van der Waals surface area contributed by atoms with E-state index in [4.69, 9.17) is 4.42 Å². The molecule has 0 N–H and O–H groups in total. The summed E-state index contributed by atoms with van der Waals surface area (Å²) in [6, 6.07) is 17.3. The Morgan fingerprint density at radius 1 is 1.07 bits per heavy atom. The van der Waals surface area contributed by atoms with E-state index in [0.717, 1.165) is 56.3 Å². The van der Waals surface area contributed by atoms with Crippen molar-refractivity contribution >= 4 is 23.0 Å². The van der Waals surface area contributed by atoms with E-state index in [1.807, 2.05) is 36.2 Å². The van der Waals surface area contributed by atoms with Gasteiger partial charge in [0.05, 0.1) is 6.04 Å². The first-order valence-electron chi connectivity index (χ1n) is 10.7. The lowest BCUT2D eigenvalue weighted by Gasteiger charge is -2.37. The van der Waals surface area contributed by atoms with Crippen LogP contribution in [-0.4, -0.2) is 35.9 Å². The number of hydrogen-bond donors (Lipinski definition) is 0. The summed E-state index contributed by atoms with van der Waals surface area (Å²) in [5, 5.41) is 0. The van der Waals surface area contributed by atoms with Crippen LogP contribution in [0.1, 0.15) is 42.9 Å². The summed E-state index contributed by atoms with van der Waals surface area (Å²) in [4.78, 5) is 22.0. The Bertz CT molecular complexity index is 987. The number of fused-ring (bicyclic) bond motifs is 2. The molecule has 1 amide bonds. The van der Waals surface area contributed by atoms with Crippen molar-refractivity contribution in [3.05, 3.63) is 59.7 Å². The van der Waals surface area contributed by atoms with Gasteiger partial charge in [0.25, 0.3) is 6.01 Å². The number of anilines is 1. The summed E-state index contributed by atoms with van der Waals surface area (Å²) in [5.41, 5.74) is 4.43. The number of amides is 1. The molecule has 5 rings (SSSR count). The molecule has 3 aromatic rings. The molecule has 2 aromatic carbocycles. The predicted octanol–water partition coefficient (Wildman–Crippen LogP) is 4.58. The molecule has 150 valence electrons. The van der Waals surface area contributed by atoms with Gasteiger partial charge in [0.15, 0.2) is 5.58 Å². The zero-order valence-corrected chi connectivity index (χ0v) is 16.9. The average Bonchev–Trinajstić information content (AvgIpc) is 3.22. The number of benzene rings is 2. The van der Waals surface area contributed by atoms with Gasteiger partial charge in [-0.25, -0.2) is 0 Å². The molecule has 0 saturated carbocycles. The topological polar surface area (TPSA) is 49.6 Å². The minimum absolute atomic E-state index is 0.0784. The van der Waals surface area contributed by atoms with Crippen LogP contribution in [0.25, 0.3) is 11.1 Å². The molecule has 1 unspecified atom stereocenters. The number of hydrogen-bond acceptors (Lipinski definition) is 4. The molecule has 0 bridgehead atoms. The normalized spacial score (nSPS) is 19.9. The Hall–Kier alpha value is -2.82. The molecule has 5 nitrogen and oxygen atoms in total. The molecule has 1 fully saturated rings. The molecule has 1 saturated heterocycles. The van der Waals surface area contributed by atoms with E-state index >= 15 is 0 Å². The Balaban J connectivity index is 1.25. The first-order valence-corrected chi connectivity index (χ1v) is 10.7. The largest absolute Gasteiger partial charge is 0.423 e. The average molecular weight is 389 g/mol. The smallest absolute Gasteiger partial charge is 0.298 e. The van der Waals surface area contributed by atoms with Crippen molar-refractivity contribution in [3.63, 3.8) is 0 Å². The van der Waals surface area contributed by atoms with Crippen molar-refractivity contribution in [2.24, 2.45) is 5.92 Å². The second-order valence-electron chi connectivity index (χ2n) is 8.28. The van der Waals surface area contributed by atoms with E-state index < -0.39 is 0 Å². The first-order chi connectivity index (χ1) is 14.2. The Morgan fingerprint density at radius 3 is 2.66 bits per heavy atom. The third-order valence-corrected chi connectivity index (χ3v) is 6.55. The monoisotopic (exact) mass is 389 g/mol. The second kappa shape index (κ2) is 7.54. The van der Waals surface area contributed by atoms with Gasteiger partial charge in [-0.2, -0.15) is 4.98 Å². The van der Waals surface area contributed by atoms with Crippen LogP contribution in [0, 0.1) is 5.92 Å². The predicted molar refractivity (Wildman–Crippen MR) is 114 cm³/mol. The highest BCUT2D eigenvalue weighted by atomic mass is 16.4. The number of nitrogens with zero attached hydrogens (tertiary/aromatic N) is 3. The Morgan fingerprint density at radius 2 is 1.83 bits per heavy atom. The zero-order valence-electron chi connectivity index (χ0n) is 16.9. The molecule has 1 aromatic heterocycles. The third kappa shape index (κ3) is 3.39. The van der Waals surface area contributed by atoms with Crippen LogP contribution >= 0.6 is 0 Å². The SMILES string of the molecule is CN(C(=O)C1CCN(c2nc3ccccc3o2)CC1)C1CCCc2ccccc21. The van der Waals surface area contributed by atoms with Crippen molar-refractivity contribution in [3.8, 4) is 0 Å². The van der Waals surface area contributed by atoms with Gasteiger partial charge in [0.2, 0.25) is 5.91 Å². The minimum atomic E-state index is 0.0784. The van der Waals surface area contributed by atoms with E-state index in [-0.39, 0.29) is 17.9 Å². The van der Waals surface area contributed by atoms with Gasteiger partial charge in [-0.05, 0) is 55.4 Å². The minimum Gasteiger partial charge on any atom is -0.423 e. The molecule has 5 heteroatoms. The summed E-state index contributed by atoms with van der Waals surface area (Å²) in [7, 11) is 1.99. The lowest BCUT2D eigenvalue weighted by molar-refractivity contribution is -0.137. The number of para-hydroxylation sites is 2. The molecule has 1 aliphatic heterocycles. The first kappa shape index (κ1) is 18.2. The molecule has 0 spiro atoms. The third-order valence-electron chi connectivity index (χ3n) is 6.55. The fourth-order valence-electron chi connectivity index (χ4n) is 4.89. The van der Waals surface area contributed by atoms with E-state index in [2.05, 4.69) is 34.1 Å². The zero-order chi connectivity index (χ0) is 19.8. The van der Waals surface area contributed by atoms with Gasteiger partial charge in [-0.3, -0.25) is 4.79 Å². The van der Waals surface area contributed by atoms with Gasteiger partial charge in [-0.15, -0.1) is 0 Å². The van der Waals surface area contributed by atoms with Gasteiger partial charge in [0, 0.05) is 26.1 Å². The lowest BCUT2D eigenvalue weighted by Crippen LogP contribution is -2.43. The van der Waals surface area contributed by atoms with Gasteiger partial charge in [0.1, 0.15) is 5.52 Å². The summed E-state index contributed by atoms with van der Waals surface area (Å²) in [6.07, 6.45) is 5.01. The molecule has 0 radical (unpaired) electrons. The molecule has 1 atom stereocenters. The van der Waals surface area contributed by atoms with Gasteiger partial charge in [-0.1, -0.05) is 36.4 Å². The van der Waals surface area contributed by atoms with Crippen molar-refractivity contribution in [1.82, 2.24) is 9.88 Å². The van der Waals surface area contributed by atoms with Crippen molar-refractivity contribution < 1.29 is 9.21 Å². The van der Waals surface area contributed by atoms with E-state index in [1.54, 1.807) is 0 Å². The quantitative estimate of drug-likeness (QED) is 0.658. The van der Waals surface area contributed by atoms with Gasteiger partial charge >= 0.3 is 0 Å². The van der Waals surface area contributed by atoms with Crippen LogP contribution in [-0.2, 0) is 11.2 Å². The van der Waals surface area contributed by atoms with Crippen LogP contribution < -0.4 is 4.90 Å². The highest BCUT2D eigenvalue weighted by Crippen LogP contribution is 2.35. The molecular weight excluding hydrogens is 362 g/mol. The van der Waals surface area contributed by atoms with Crippen molar-refractivity contribution in [2.75, 3.05) is 25.0 Å². The molecule has 29 heavy (non-hydrogen) atoms. The number of oxazole rings is 1. The maximum Gasteiger partial charge on any atom is 0.298 e. The summed E-state index contributed by atoms with van der Waals surface area (Å²) in [5.74, 6) is 0.360. The second-order valence-corrected chi connectivity index (χ2v) is 8.28. The highest BCUT2D eigenvalue weighted by molar-refractivity contribution is 5.79. The van der Waals surface area contributed by atoms with Crippen LogP contribution in [0.3, 0.4) is 0 Å². The summed E-state index contributed by atoms with van der Waals surface area (Å²) < 4.78 is 5.90. The number of carbonyl (C=O) groups is 1. The van der Waals surface area contributed by atoms with Crippen molar-refractivity contribution in [1.29, 1.82) is 0 Å². The van der Waals surface area contributed by atoms with E-state index in [0.29, 0.717) is 6.01 Å². The maximum absolute atomic E-state index is 13.3. The Kier molecular flexibility index (Phi) is 4.74. The van der Waals surface area contributed by atoms with Crippen LogP contribution in [0.4, 0.5) is 6.01 Å². The summed E-state index contributed by atoms with van der Waals surface area (Å²) in [6.45, 7) is 1.61. The maximum atomic E-state index is 13.3. The van der Waals surface area contributed by atoms with E-state index in [1.165, 1.54) is 11.1 Å². The molecular formula is C24H27N3O2. The van der Waals surface area contributed by atoms with E-state index in [9.17, 15) is 4.79 Å². The number of piperidine rings is 1. The summed E-state index contributed by atoms with van der Waals surface area (Å²) >= 11 is 0. The van der Waals surface area contributed by atoms with Crippen molar-refractivity contribution in [2.45, 2.75) is 38.1 Å². The molecule has 2 aliphatic rings. The number of carbonyl (C=O) groups excluding carboxylic acids is 1. The van der Waals surface area contributed by atoms with Gasteiger partial charge < -0.3 is 14.2 Å². The Labute approximate surface area is 171 Å². The van der Waals surface area contributed by atoms with Crippen LogP contribution in [0.2, 0.25) is 0 Å². The molecule has 1 aliphatic carbocycles. The highest BCUT2D eigenvalue weighted by Gasteiger charge is 2.33. The standard InChI is InChI=1S/C24H27N3O2/c1-26(21-11-6-8-17-7-2-3-9-19(17)21)23(28)18-13-15-27(16-14-18)24-25-20-10-4-5-12-22(20)29-24/h2-5,7,9-10,12,18,21H,6,8,11,13-16H2,1H3. The lowest BCUT2D eigenvalue weighted by atomic mass is 9.86. The fourth-order valence-corrected chi connectivity index (χ4v) is 4.89.